The first-order valence-electron chi connectivity index (χ1n) is 7.41. The lowest BCUT2D eigenvalue weighted by molar-refractivity contribution is 0.121. The second-order valence-electron chi connectivity index (χ2n) is 5.39. The molecule has 0 aliphatic carbocycles. The van der Waals surface area contributed by atoms with Crippen LogP contribution >= 0.6 is 0 Å². The summed E-state index contributed by atoms with van der Waals surface area (Å²) in [7, 11) is 0. The van der Waals surface area contributed by atoms with Gasteiger partial charge >= 0.3 is 0 Å². The number of hydrogen-bond acceptors (Lipinski definition) is 6. The normalized spacial score (nSPS) is 21.7. The maximum atomic E-state index is 5.54. The number of anilines is 2. The SMILES string of the molecule is c1ccc2c(c1)NCCC2c1nc(N2CCOCC2)no1. The molecule has 4 rings (SSSR count). The Morgan fingerprint density at radius 2 is 2.05 bits per heavy atom. The van der Waals surface area contributed by atoms with Crippen molar-refractivity contribution in [3.63, 3.8) is 0 Å². The zero-order valence-corrected chi connectivity index (χ0v) is 11.8. The molecule has 1 N–H and O–H groups in total. The van der Waals surface area contributed by atoms with Gasteiger partial charge in [-0.15, -0.1) is 0 Å². The monoisotopic (exact) mass is 286 g/mol. The Morgan fingerprint density at radius 3 is 2.95 bits per heavy atom. The molecule has 1 unspecified atom stereocenters. The minimum Gasteiger partial charge on any atom is -0.385 e. The first-order valence-corrected chi connectivity index (χ1v) is 7.41. The molecule has 6 nitrogen and oxygen atoms in total. The van der Waals surface area contributed by atoms with E-state index in [9.17, 15) is 0 Å². The molecule has 110 valence electrons. The Hall–Kier alpha value is -2.08. The van der Waals surface area contributed by atoms with Crippen molar-refractivity contribution in [2.75, 3.05) is 43.1 Å². The molecule has 1 aromatic carbocycles. The van der Waals surface area contributed by atoms with Crippen LogP contribution in [0.15, 0.2) is 28.8 Å². The fourth-order valence-electron chi connectivity index (χ4n) is 2.99. The molecule has 1 aromatic heterocycles. The summed E-state index contributed by atoms with van der Waals surface area (Å²) in [6, 6.07) is 8.32. The van der Waals surface area contributed by atoms with Gasteiger partial charge in [0.05, 0.1) is 19.1 Å². The maximum absolute atomic E-state index is 5.54. The number of rotatable bonds is 2. The van der Waals surface area contributed by atoms with Crippen molar-refractivity contribution in [1.29, 1.82) is 0 Å². The molecule has 1 fully saturated rings. The highest BCUT2D eigenvalue weighted by Crippen LogP contribution is 2.35. The number of benzene rings is 1. The Kier molecular flexibility index (Phi) is 3.23. The van der Waals surface area contributed by atoms with Crippen molar-refractivity contribution < 1.29 is 9.26 Å². The quantitative estimate of drug-likeness (QED) is 0.909. The van der Waals surface area contributed by atoms with E-state index in [4.69, 9.17) is 9.26 Å². The summed E-state index contributed by atoms with van der Waals surface area (Å²) < 4.78 is 10.9. The number of nitrogens with zero attached hydrogens (tertiary/aromatic N) is 3. The van der Waals surface area contributed by atoms with Gasteiger partial charge in [-0.3, -0.25) is 0 Å². The molecule has 2 aliphatic rings. The van der Waals surface area contributed by atoms with Crippen LogP contribution in [0.4, 0.5) is 11.6 Å². The van der Waals surface area contributed by atoms with E-state index in [-0.39, 0.29) is 5.92 Å². The van der Waals surface area contributed by atoms with Crippen LogP contribution in [0, 0.1) is 0 Å². The second kappa shape index (κ2) is 5.37. The third kappa shape index (κ3) is 2.35. The predicted octanol–water partition coefficient (Wildman–Crippen LogP) is 1.85. The number of fused-ring (bicyclic) bond motifs is 1. The van der Waals surface area contributed by atoms with Crippen LogP contribution in [0.25, 0.3) is 0 Å². The van der Waals surface area contributed by atoms with Crippen LogP contribution < -0.4 is 10.2 Å². The van der Waals surface area contributed by atoms with Gasteiger partial charge in [0.15, 0.2) is 0 Å². The van der Waals surface area contributed by atoms with E-state index in [1.54, 1.807) is 0 Å². The molecule has 2 aliphatic heterocycles. The Labute approximate surface area is 123 Å². The standard InChI is InChI=1S/C15H18N4O2/c1-2-4-13-11(3-1)12(5-6-16-13)14-17-15(18-21-14)19-7-9-20-10-8-19/h1-4,12,16H,5-10H2. The number of hydrogen-bond donors (Lipinski definition) is 1. The number of para-hydroxylation sites is 1. The average molecular weight is 286 g/mol. The summed E-state index contributed by atoms with van der Waals surface area (Å²) in [5.74, 6) is 1.58. The molecular weight excluding hydrogens is 268 g/mol. The highest BCUT2D eigenvalue weighted by molar-refractivity contribution is 5.56. The zero-order valence-electron chi connectivity index (χ0n) is 11.8. The largest absolute Gasteiger partial charge is 0.385 e. The van der Waals surface area contributed by atoms with Crippen LogP contribution in [-0.2, 0) is 4.74 Å². The van der Waals surface area contributed by atoms with Crippen molar-refractivity contribution in [1.82, 2.24) is 10.1 Å². The Balaban J connectivity index is 1.61. The predicted molar refractivity (Wildman–Crippen MR) is 78.7 cm³/mol. The second-order valence-corrected chi connectivity index (χ2v) is 5.39. The summed E-state index contributed by atoms with van der Waals surface area (Å²) in [5.41, 5.74) is 2.40. The minimum absolute atomic E-state index is 0.185. The summed E-state index contributed by atoms with van der Waals surface area (Å²) in [4.78, 5) is 6.74. The van der Waals surface area contributed by atoms with Gasteiger partial charge in [0, 0.05) is 25.3 Å². The topological polar surface area (TPSA) is 63.4 Å². The van der Waals surface area contributed by atoms with Gasteiger partial charge < -0.3 is 19.5 Å². The number of ether oxygens (including phenoxy) is 1. The molecule has 1 atom stereocenters. The van der Waals surface area contributed by atoms with E-state index in [1.165, 1.54) is 11.3 Å². The molecule has 1 saturated heterocycles. The summed E-state index contributed by atoms with van der Waals surface area (Å²) in [5, 5.41) is 7.57. The molecule has 0 bridgehead atoms. The van der Waals surface area contributed by atoms with Gasteiger partial charge in [-0.25, -0.2) is 0 Å². The lowest BCUT2D eigenvalue weighted by Gasteiger charge is -2.25. The number of nitrogens with one attached hydrogen (secondary N) is 1. The van der Waals surface area contributed by atoms with Crippen molar-refractivity contribution in [3.8, 4) is 0 Å². The van der Waals surface area contributed by atoms with E-state index in [1.807, 2.05) is 6.07 Å². The summed E-state index contributed by atoms with van der Waals surface area (Å²) in [6.45, 7) is 4.01. The third-order valence-electron chi connectivity index (χ3n) is 4.11. The highest BCUT2D eigenvalue weighted by atomic mass is 16.5. The minimum atomic E-state index is 0.185. The lowest BCUT2D eigenvalue weighted by atomic mass is 9.91. The molecule has 6 heteroatoms. The van der Waals surface area contributed by atoms with Crippen LogP contribution in [0.1, 0.15) is 23.8 Å². The van der Waals surface area contributed by atoms with E-state index in [0.717, 1.165) is 39.3 Å². The Bertz CT molecular complexity index is 622. The van der Waals surface area contributed by atoms with Crippen molar-refractivity contribution in [3.05, 3.63) is 35.7 Å². The van der Waals surface area contributed by atoms with Gasteiger partial charge in [-0.2, -0.15) is 4.98 Å². The average Bonchev–Trinajstić information content (AvgIpc) is 3.05. The van der Waals surface area contributed by atoms with Crippen LogP contribution in [0.5, 0.6) is 0 Å². The highest BCUT2D eigenvalue weighted by Gasteiger charge is 2.27. The molecule has 0 amide bonds. The maximum Gasteiger partial charge on any atom is 0.266 e. The molecular formula is C15H18N4O2. The van der Waals surface area contributed by atoms with Crippen LogP contribution in [0.2, 0.25) is 0 Å². The van der Waals surface area contributed by atoms with E-state index < -0.39 is 0 Å². The van der Waals surface area contributed by atoms with Gasteiger partial charge in [0.1, 0.15) is 0 Å². The smallest absolute Gasteiger partial charge is 0.266 e. The summed E-state index contributed by atoms with van der Waals surface area (Å²) in [6.07, 6.45) is 0.974. The van der Waals surface area contributed by atoms with Gasteiger partial charge in [-0.05, 0) is 23.2 Å². The zero-order chi connectivity index (χ0) is 14.1. The summed E-state index contributed by atoms with van der Waals surface area (Å²) >= 11 is 0. The number of morpholine rings is 1. The van der Waals surface area contributed by atoms with E-state index in [2.05, 4.69) is 38.6 Å². The first-order chi connectivity index (χ1) is 10.4. The van der Waals surface area contributed by atoms with E-state index >= 15 is 0 Å². The van der Waals surface area contributed by atoms with Crippen molar-refractivity contribution in [2.45, 2.75) is 12.3 Å². The fraction of sp³-hybridized carbons (Fsp3) is 0.467. The number of aromatic nitrogens is 2. The molecule has 0 radical (unpaired) electrons. The first kappa shape index (κ1) is 12.6. The molecule has 2 aromatic rings. The Morgan fingerprint density at radius 1 is 1.19 bits per heavy atom. The third-order valence-corrected chi connectivity index (χ3v) is 4.11. The molecule has 3 heterocycles. The fourth-order valence-corrected chi connectivity index (χ4v) is 2.99. The van der Waals surface area contributed by atoms with Crippen LogP contribution in [0.3, 0.4) is 0 Å². The van der Waals surface area contributed by atoms with Gasteiger partial charge in [0.2, 0.25) is 5.89 Å². The molecule has 0 saturated carbocycles. The van der Waals surface area contributed by atoms with Crippen molar-refractivity contribution in [2.24, 2.45) is 0 Å². The molecule has 0 spiro atoms. The van der Waals surface area contributed by atoms with Gasteiger partial charge in [0.25, 0.3) is 5.95 Å². The lowest BCUT2D eigenvalue weighted by Crippen LogP contribution is -2.36. The van der Waals surface area contributed by atoms with Gasteiger partial charge in [-0.1, -0.05) is 18.2 Å². The molecule has 21 heavy (non-hydrogen) atoms. The van der Waals surface area contributed by atoms with Crippen LogP contribution in [-0.4, -0.2) is 43.0 Å². The van der Waals surface area contributed by atoms with E-state index in [0.29, 0.717) is 11.8 Å². The van der Waals surface area contributed by atoms with Crippen molar-refractivity contribution >= 4 is 11.6 Å².